The Morgan fingerprint density at radius 3 is 2.60 bits per heavy atom. The molecule has 1 amide bonds. The van der Waals surface area contributed by atoms with Gasteiger partial charge in [0, 0.05) is 47.0 Å². The molecule has 3 aromatic rings. The van der Waals surface area contributed by atoms with Crippen molar-refractivity contribution < 1.29 is 29.2 Å². The summed E-state index contributed by atoms with van der Waals surface area (Å²) in [6.45, 7) is 3.89. The van der Waals surface area contributed by atoms with Crippen LogP contribution in [0.25, 0.3) is 6.08 Å². The molecule has 2 bridgehead atoms. The molecule has 5 atom stereocenters. The fourth-order valence-electron chi connectivity index (χ4n) is 8.04. The van der Waals surface area contributed by atoms with Crippen molar-refractivity contribution in [1.82, 2.24) is 15.1 Å². The molecular formula is C35H36N4O6. The molecule has 0 aromatic heterocycles. The van der Waals surface area contributed by atoms with Gasteiger partial charge in [-0.15, -0.1) is 0 Å². The maximum absolute atomic E-state index is 13.2. The number of carbonyl (C=O) groups excluding carboxylic acids is 1. The van der Waals surface area contributed by atoms with Gasteiger partial charge in [0.15, 0.2) is 23.0 Å². The van der Waals surface area contributed by atoms with Crippen LogP contribution in [0.15, 0.2) is 42.5 Å². The third-order valence-corrected chi connectivity index (χ3v) is 9.99. The number of amides is 1. The van der Waals surface area contributed by atoms with Gasteiger partial charge in [-0.05, 0) is 56.5 Å². The van der Waals surface area contributed by atoms with Gasteiger partial charge >= 0.3 is 0 Å². The van der Waals surface area contributed by atoms with Crippen molar-refractivity contribution in [3.05, 3.63) is 81.4 Å². The van der Waals surface area contributed by atoms with Crippen molar-refractivity contribution in [2.75, 3.05) is 27.5 Å². The summed E-state index contributed by atoms with van der Waals surface area (Å²) in [7, 11) is 3.55. The Hall–Kier alpha value is -4.72. The first-order chi connectivity index (χ1) is 21.7. The van der Waals surface area contributed by atoms with E-state index in [1.807, 2.05) is 44.3 Å². The lowest BCUT2D eigenvalue weighted by molar-refractivity contribution is -0.117. The summed E-state index contributed by atoms with van der Waals surface area (Å²) in [4.78, 5) is 17.5. The first-order valence-corrected chi connectivity index (χ1v) is 15.2. The zero-order valence-corrected chi connectivity index (χ0v) is 25.7. The van der Waals surface area contributed by atoms with E-state index in [0.29, 0.717) is 41.2 Å². The fourth-order valence-corrected chi connectivity index (χ4v) is 8.04. The number of aromatic hydroxyl groups is 2. The van der Waals surface area contributed by atoms with Crippen LogP contribution >= 0.6 is 0 Å². The number of methoxy groups -OCH3 is 1. The number of nitriles is 1. The van der Waals surface area contributed by atoms with E-state index in [1.54, 1.807) is 20.1 Å². The van der Waals surface area contributed by atoms with E-state index in [1.165, 1.54) is 6.08 Å². The van der Waals surface area contributed by atoms with Crippen molar-refractivity contribution in [1.29, 1.82) is 5.26 Å². The lowest BCUT2D eigenvalue weighted by Gasteiger charge is -2.60. The highest BCUT2D eigenvalue weighted by Crippen LogP contribution is 2.58. The van der Waals surface area contributed by atoms with Gasteiger partial charge in [0.25, 0.3) is 0 Å². The minimum absolute atomic E-state index is 0.0183. The van der Waals surface area contributed by atoms with Gasteiger partial charge in [-0.1, -0.05) is 36.4 Å². The number of aryl methyl sites for hydroxylation is 1. The molecule has 4 heterocycles. The number of benzene rings is 3. The van der Waals surface area contributed by atoms with E-state index < -0.39 is 12.1 Å². The molecule has 7 rings (SSSR count). The second-order valence-electron chi connectivity index (χ2n) is 12.3. The zero-order valence-electron chi connectivity index (χ0n) is 25.7. The van der Waals surface area contributed by atoms with E-state index in [0.717, 1.165) is 27.8 Å². The minimum Gasteiger partial charge on any atom is -0.507 e. The third kappa shape index (κ3) is 4.41. The van der Waals surface area contributed by atoms with E-state index in [4.69, 9.17) is 14.2 Å². The maximum atomic E-state index is 13.2. The van der Waals surface area contributed by atoms with E-state index in [9.17, 15) is 20.3 Å². The van der Waals surface area contributed by atoms with Gasteiger partial charge in [0.2, 0.25) is 12.7 Å². The number of piperazine rings is 1. The number of nitrogens with zero attached hydrogens (tertiary/aromatic N) is 3. The van der Waals surface area contributed by atoms with Crippen molar-refractivity contribution in [2.24, 2.45) is 0 Å². The topological polar surface area (TPSA) is 128 Å². The van der Waals surface area contributed by atoms with Crippen LogP contribution in [0.1, 0.15) is 51.0 Å². The maximum Gasteiger partial charge on any atom is 0.244 e. The van der Waals surface area contributed by atoms with Crippen LogP contribution in [-0.4, -0.2) is 71.5 Å². The smallest absolute Gasteiger partial charge is 0.244 e. The van der Waals surface area contributed by atoms with Crippen LogP contribution in [0.3, 0.4) is 0 Å². The number of rotatable bonds is 5. The number of hydrogen-bond donors (Lipinski definition) is 3. The number of carbonyl (C=O) groups is 1. The van der Waals surface area contributed by atoms with Crippen LogP contribution in [-0.2, 0) is 17.6 Å². The molecule has 4 aliphatic rings. The Labute approximate surface area is 262 Å². The van der Waals surface area contributed by atoms with E-state index >= 15 is 0 Å². The monoisotopic (exact) mass is 608 g/mol. The van der Waals surface area contributed by atoms with Crippen LogP contribution < -0.4 is 19.5 Å². The molecule has 1 fully saturated rings. The Balaban J connectivity index is 1.36. The Bertz CT molecular complexity index is 1770. The van der Waals surface area contributed by atoms with E-state index in [-0.39, 0.29) is 48.9 Å². The molecule has 4 aliphatic heterocycles. The van der Waals surface area contributed by atoms with Crippen LogP contribution in [0.2, 0.25) is 0 Å². The van der Waals surface area contributed by atoms with Crippen molar-refractivity contribution in [3.8, 4) is 34.8 Å². The van der Waals surface area contributed by atoms with Gasteiger partial charge in [-0.25, -0.2) is 0 Å². The first-order valence-electron chi connectivity index (χ1n) is 15.2. The number of ether oxygens (including phenoxy) is 3. The summed E-state index contributed by atoms with van der Waals surface area (Å²) < 4.78 is 17.4. The molecule has 0 aliphatic carbocycles. The first kappa shape index (κ1) is 29.0. The second-order valence-corrected chi connectivity index (χ2v) is 12.3. The molecule has 10 nitrogen and oxygen atoms in total. The molecule has 0 spiro atoms. The Morgan fingerprint density at radius 2 is 1.87 bits per heavy atom. The molecule has 3 N–H and O–H groups in total. The normalized spacial score (nSPS) is 24.8. The molecule has 232 valence electrons. The summed E-state index contributed by atoms with van der Waals surface area (Å²) >= 11 is 0. The zero-order chi connectivity index (χ0) is 31.6. The lowest BCUT2D eigenvalue weighted by atomic mass is 9.71. The summed E-state index contributed by atoms with van der Waals surface area (Å²) in [6, 6.07) is 12.3. The highest BCUT2D eigenvalue weighted by molar-refractivity contribution is 5.91. The summed E-state index contributed by atoms with van der Waals surface area (Å²) in [5, 5.41) is 37.0. The van der Waals surface area contributed by atoms with E-state index in [2.05, 4.69) is 27.3 Å². The number of fused-ring (bicyclic) bond motifs is 9. The van der Waals surface area contributed by atoms with Crippen LogP contribution in [0.5, 0.6) is 28.7 Å². The molecule has 10 heteroatoms. The van der Waals surface area contributed by atoms with Gasteiger partial charge in [-0.2, -0.15) is 5.26 Å². The average molecular weight is 609 g/mol. The van der Waals surface area contributed by atoms with Crippen molar-refractivity contribution >= 4 is 12.0 Å². The van der Waals surface area contributed by atoms with Crippen molar-refractivity contribution in [3.63, 3.8) is 0 Å². The average Bonchev–Trinajstić information content (AvgIpc) is 3.53. The number of phenolic OH excluding ortho intramolecular Hbond substituents is 2. The molecule has 1 saturated heterocycles. The number of likely N-dealkylation sites (N-methyl/N-ethyl adjacent to an activating group) is 1. The van der Waals surface area contributed by atoms with Crippen LogP contribution in [0, 0.1) is 25.2 Å². The highest BCUT2D eigenvalue weighted by atomic mass is 16.7. The highest BCUT2D eigenvalue weighted by Gasteiger charge is 2.56. The van der Waals surface area contributed by atoms with Crippen LogP contribution in [0.4, 0.5) is 0 Å². The van der Waals surface area contributed by atoms with Crippen molar-refractivity contribution in [2.45, 2.75) is 56.9 Å². The van der Waals surface area contributed by atoms with Gasteiger partial charge < -0.3 is 29.7 Å². The number of hydrogen-bond acceptors (Lipinski definition) is 9. The molecule has 1 unspecified atom stereocenters. The largest absolute Gasteiger partial charge is 0.507 e. The SMILES string of the molecule is COc1c(C)cc2c(c1O)[C@H]1C3Cc4c(O)c(C)c5c(c4[C@H](CNC(=O)C=Cc4ccccc4)N3[C@@H](C#N)[C@H](C2)N1C)OCO5. The third-order valence-electron chi connectivity index (χ3n) is 9.99. The Kier molecular flexibility index (Phi) is 7.10. The molecule has 45 heavy (non-hydrogen) atoms. The standard InChI is InChI=1S/C35H36N4O6/c1-18-12-21-13-23-25(15-36)39-24(30(38(23)3)28(21)32(42)33(18)43-4)14-22-29(35-34(44-17-45-35)19(2)31(22)41)26(39)16-37-27(40)11-10-20-8-6-5-7-9-20/h5-12,23-26,30,41-42H,13-14,16-17H2,1-4H3,(H,37,40)/t23-,24?,25-,26-,30+/m0/s1. The summed E-state index contributed by atoms with van der Waals surface area (Å²) in [6.07, 6.45) is 4.21. The predicted molar refractivity (Wildman–Crippen MR) is 166 cm³/mol. The Morgan fingerprint density at radius 1 is 1.11 bits per heavy atom. The summed E-state index contributed by atoms with van der Waals surface area (Å²) in [5.41, 5.74) is 5.52. The number of nitrogens with one attached hydrogen (secondary N) is 1. The quantitative estimate of drug-likeness (QED) is 0.368. The van der Waals surface area contributed by atoms with Gasteiger partial charge in [-0.3, -0.25) is 14.6 Å². The summed E-state index contributed by atoms with van der Waals surface area (Å²) in [5.74, 6) is 1.40. The molecular weight excluding hydrogens is 572 g/mol. The minimum atomic E-state index is -0.551. The van der Waals surface area contributed by atoms with Gasteiger partial charge in [0.1, 0.15) is 11.8 Å². The number of phenols is 2. The molecule has 0 radical (unpaired) electrons. The fraction of sp³-hybridized carbons (Fsp3) is 0.371. The predicted octanol–water partition coefficient (Wildman–Crippen LogP) is 4.05. The lowest BCUT2D eigenvalue weighted by Crippen LogP contribution is -2.68. The molecule has 3 aromatic carbocycles. The second kappa shape index (κ2) is 11.0. The van der Waals surface area contributed by atoms with Gasteiger partial charge in [0.05, 0.1) is 25.3 Å². The molecule has 0 saturated carbocycles.